The average molecular weight is 227 g/mol. The normalized spacial score (nSPS) is 25.0. The molecule has 16 heavy (non-hydrogen) atoms. The molecule has 0 aromatic heterocycles. The first-order chi connectivity index (χ1) is 7.59. The molecule has 1 rings (SSSR count). The van der Waals surface area contributed by atoms with E-state index >= 15 is 0 Å². The van der Waals surface area contributed by atoms with Gasteiger partial charge >= 0.3 is 0 Å². The number of nitrogens with two attached hydrogens (primary N) is 1. The molecular formula is C12H25N3O. The van der Waals surface area contributed by atoms with E-state index in [0.717, 1.165) is 45.2 Å². The maximum atomic E-state index is 11.7. The molecule has 1 aliphatic rings. The van der Waals surface area contributed by atoms with E-state index in [1.807, 2.05) is 0 Å². The number of unbranched alkanes of at least 4 members (excludes halogenated alkanes) is 1. The van der Waals surface area contributed by atoms with Gasteiger partial charge in [0.25, 0.3) is 0 Å². The second-order valence-electron chi connectivity index (χ2n) is 5.07. The van der Waals surface area contributed by atoms with Crippen LogP contribution in [0.2, 0.25) is 0 Å². The van der Waals surface area contributed by atoms with Crippen molar-refractivity contribution in [1.29, 1.82) is 0 Å². The Bertz CT molecular complexity index is 218. The summed E-state index contributed by atoms with van der Waals surface area (Å²) >= 11 is 0. The van der Waals surface area contributed by atoms with Gasteiger partial charge in [0, 0.05) is 18.5 Å². The Morgan fingerprint density at radius 1 is 1.38 bits per heavy atom. The zero-order valence-electron chi connectivity index (χ0n) is 10.5. The quantitative estimate of drug-likeness (QED) is 0.652. The molecule has 4 heteroatoms. The number of hydrogen-bond donors (Lipinski definition) is 2. The lowest BCUT2D eigenvalue weighted by Crippen LogP contribution is -2.31. The molecular weight excluding hydrogens is 202 g/mol. The minimum Gasteiger partial charge on any atom is -0.356 e. The zero-order chi connectivity index (χ0) is 12.0. The highest BCUT2D eigenvalue weighted by molar-refractivity contribution is 5.78. The first kappa shape index (κ1) is 13.5. The van der Waals surface area contributed by atoms with Crippen LogP contribution < -0.4 is 11.1 Å². The number of hydrogen-bond acceptors (Lipinski definition) is 3. The highest BCUT2D eigenvalue weighted by atomic mass is 16.1. The number of amides is 1. The van der Waals surface area contributed by atoms with E-state index in [9.17, 15) is 4.79 Å². The molecule has 2 atom stereocenters. The Balaban J connectivity index is 2.02. The maximum absolute atomic E-state index is 11.7. The Hall–Kier alpha value is -0.610. The Morgan fingerprint density at radius 2 is 2.12 bits per heavy atom. The van der Waals surface area contributed by atoms with Crippen molar-refractivity contribution in [3.63, 3.8) is 0 Å². The molecule has 0 bridgehead atoms. The average Bonchev–Trinajstić information content (AvgIpc) is 2.63. The van der Waals surface area contributed by atoms with Crippen LogP contribution in [0.3, 0.4) is 0 Å². The molecule has 1 fully saturated rings. The van der Waals surface area contributed by atoms with Gasteiger partial charge in [0.15, 0.2) is 0 Å². The zero-order valence-corrected chi connectivity index (χ0v) is 10.5. The monoisotopic (exact) mass is 227 g/mol. The number of rotatable bonds is 6. The first-order valence-electron chi connectivity index (χ1n) is 6.27. The van der Waals surface area contributed by atoms with Crippen LogP contribution in [0.1, 0.15) is 32.1 Å². The summed E-state index contributed by atoms with van der Waals surface area (Å²) in [6.45, 7) is 1.89. The van der Waals surface area contributed by atoms with Crippen molar-refractivity contribution in [3.8, 4) is 0 Å². The summed E-state index contributed by atoms with van der Waals surface area (Å²) in [7, 11) is 4.14. The molecule has 0 heterocycles. The van der Waals surface area contributed by atoms with Crippen molar-refractivity contribution in [1.82, 2.24) is 10.2 Å². The van der Waals surface area contributed by atoms with Crippen molar-refractivity contribution in [2.75, 3.05) is 27.2 Å². The van der Waals surface area contributed by atoms with Gasteiger partial charge in [-0.2, -0.15) is 0 Å². The third kappa shape index (κ3) is 4.94. The topological polar surface area (TPSA) is 58.4 Å². The van der Waals surface area contributed by atoms with Crippen molar-refractivity contribution in [2.45, 2.75) is 38.1 Å². The smallest absolute Gasteiger partial charge is 0.223 e. The highest BCUT2D eigenvalue weighted by Crippen LogP contribution is 2.23. The van der Waals surface area contributed by atoms with Gasteiger partial charge in [-0.3, -0.25) is 4.79 Å². The minimum atomic E-state index is 0.170. The van der Waals surface area contributed by atoms with Crippen LogP contribution in [0, 0.1) is 5.92 Å². The summed E-state index contributed by atoms with van der Waals surface area (Å²) in [6.07, 6.45) is 5.02. The predicted octanol–water partition coefficient (Wildman–Crippen LogP) is 0.572. The Labute approximate surface area is 98.6 Å². The van der Waals surface area contributed by atoms with Crippen molar-refractivity contribution >= 4 is 5.91 Å². The SMILES string of the molecule is CN(C)CCCCNC(=O)C1CCC(N)C1. The van der Waals surface area contributed by atoms with Gasteiger partial charge in [0.1, 0.15) is 0 Å². The van der Waals surface area contributed by atoms with Gasteiger partial charge in [-0.05, 0) is 52.7 Å². The molecule has 4 nitrogen and oxygen atoms in total. The minimum absolute atomic E-state index is 0.170. The van der Waals surface area contributed by atoms with Crippen LogP contribution in [-0.4, -0.2) is 44.0 Å². The molecule has 0 spiro atoms. The van der Waals surface area contributed by atoms with Crippen LogP contribution >= 0.6 is 0 Å². The third-order valence-electron chi connectivity index (χ3n) is 3.18. The highest BCUT2D eigenvalue weighted by Gasteiger charge is 2.27. The fourth-order valence-electron chi connectivity index (χ4n) is 2.16. The van der Waals surface area contributed by atoms with Gasteiger partial charge in [0.05, 0.1) is 0 Å². The summed E-state index contributed by atoms with van der Waals surface area (Å²) < 4.78 is 0. The molecule has 1 amide bonds. The fraction of sp³-hybridized carbons (Fsp3) is 0.917. The van der Waals surface area contributed by atoms with E-state index in [4.69, 9.17) is 5.73 Å². The molecule has 1 saturated carbocycles. The van der Waals surface area contributed by atoms with Crippen molar-refractivity contribution in [2.24, 2.45) is 11.7 Å². The summed E-state index contributed by atoms with van der Waals surface area (Å²) in [5, 5.41) is 3.01. The molecule has 0 saturated heterocycles. The van der Waals surface area contributed by atoms with Gasteiger partial charge in [-0.1, -0.05) is 0 Å². The lowest BCUT2D eigenvalue weighted by Gasteiger charge is -2.12. The third-order valence-corrected chi connectivity index (χ3v) is 3.18. The van der Waals surface area contributed by atoms with E-state index < -0.39 is 0 Å². The molecule has 2 unspecified atom stereocenters. The molecule has 3 N–H and O–H groups in total. The van der Waals surface area contributed by atoms with E-state index in [2.05, 4.69) is 24.3 Å². The van der Waals surface area contributed by atoms with Crippen LogP contribution in [0.15, 0.2) is 0 Å². The molecule has 94 valence electrons. The van der Waals surface area contributed by atoms with Crippen LogP contribution in [0.4, 0.5) is 0 Å². The number of nitrogens with one attached hydrogen (secondary N) is 1. The van der Waals surface area contributed by atoms with Gasteiger partial charge in [-0.15, -0.1) is 0 Å². The van der Waals surface area contributed by atoms with Gasteiger partial charge in [0.2, 0.25) is 5.91 Å². The van der Waals surface area contributed by atoms with Crippen LogP contribution in [0.25, 0.3) is 0 Å². The second kappa shape index (κ2) is 6.86. The second-order valence-corrected chi connectivity index (χ2v) is 5.07. The summed E-state index contributed by atoms with van der Waals surface area (Å²) in [5.74, 6) is 0.377. The lowest BCUT2D eigenvalue weighted by atomic mass is 10.1. The Kier molecular flexibility index (Phi) is 5.77. The van der Waals surface area contributed by atoms with Crippen LogP contribution in [0.5, 0.6) is 0 Å². The standard InChI is InChI=1S/C12H25N3O/c1-15(2)8-4-3-7-14-12(16)10-5-6-11(13)9-10/h10-11H,3-9,13H2,1-2H3,(H,14,16). The number of carbonyl (C=O) groups is 1. The molecule has 0 radical (unpaired) electrons. The van der Waals surface area contributed by atoms with Crippen molar-refractivity contribution < 1.29 is 4.79 Å². The van der Waals surface area contributed by atoms with Gasteiger partial charge in [-0.25, -0.2) is 0 Å². The molecule has 1 aliphatic carbocycles. The fourth-order valence-corrected chi connectivity index (χ4v) is 2.16. The van der Waals surface area contributed by atoms with E-state index in [1.165, 1.54) is 0 Å². The summed E-state index contributed by atoms with van der Waals surface area (Å²) in [6, 6.07) is 0.240. The lowest BCUT2D eigenvalue weighted by molar-refractivity contribution is -0.124. The molecule has 0 aliphatic heterocycles. The van der Waals surface area contributed by atoms with Crippen molar-refractivity contribution in [3.05, 3.63) is 0 Å². The van der Waals surface area contributed by atoms with E-state index in [0.29, 0.717) is 0 Å². The number of carbonyl (C=O) groups excluding carboxylic acids is 1. The van der Waals surface area contributed by atoms with Gasteiger partial charge < -0.3 is 16.0 Å². The summed E-state index contributed by atoms with van der Waals surface area (Å²) in [5.41, 5.74) is 5.79. The predicted molar refractivity (Wildman–Crippen MR) is 66.1 cm³/mol. The first-order valence-corrected chi connectivity index (χ1v) is 6.27. The molecule has 0 aromatic rings. The molecule has 0 aromatic carbocycles. The van der Waals surface area contributed by atoms with Crippen LogP contribution in [-0.2, 0) is 4.79 Å². The van der Waals surface area contributed by atoms with E-state index in [-0.39, 0.29) is 17.9 Å². The van der Waals surface area contributed by atoms with E-state index in [1.54, 1.807) is 0 Å². The largest absolute Gasteiger partial charge is 0.356 e. The number of nitrogens with zero attached hydrogens (tertiary/aromatic N) is 1. The maximum Gasteiger partial charge on any atom is 0.223 e. The Morgan fingerprint density at radius 3 is 2.69 bits per heavy atom. The summed E-state index contributed by atoms with van der Waals surface area (Å²) in [4.78, 5) is 13.9.